The maximum absolute atomic E-state index is 13.2. The highest BCUT2D eigenvalue weighted by atomic mass is 16.3. The van der Waals surface area contributed by atoms with Crippen LogP contribution in [-0.4, -0.2) is 56.9 Å². The molecule has 1 aliphatic heterocycles. The van der Waals surface area contributed by atoms with E-state index in [1.54, 1.807) is 38.9 Å². The number of hydrogen-bond donors (Lipinski definition) is 1. The lowest BCUT2D eigenvalue weighted by atomic mass is 10.1. The Morgan fingerprint density at radius 3 is 2.69 bits per heavy atom. The van der Waals surface area contributed by atoms with Crippen molar-refractivity contribution in [2.75, 3.05) is 19.6 Å². The summed E-state index contributed by atoms with van der Waals surface area (Å²) in [5, 5.41) is 7.23. The number of rotatable bonds is 9. The summed E-state index contributed by atoms with van der Waals surface area (Å²) in [5.41, 5.74) is 2.89. The molecule has 1 aliphatic rings. The number of benzene rings is 1. The smallest absolute Gasteiger partial charge is 0.274 e. The molecule has 0 spiro atoms. The highest BCUT2D eigenvalue weighted by Crippen LogP contribution is 2.18. The number of nitrogens with zero attached hydrogens (tertiary/aromatic N) is 4. The van der Waals surface area contributed by atoms with E-state index in [4.69, 9.17) is 4.42 Å². The summed E-state index contributed by atoms with van der Waals surface area (Å²) in [6.07, 6.45) is 2.47. The Hall–Kier alpha value is -3.88. The minimum absolute atomic E-state index is 0.130. The molecule has 0 atom stereocenters. The van der Waals surface area contributed by atoms with Crippen molar-refractivity contribution >= 4 is 17.7 Å². The third-order valence-electron chi connectivity index (χ3n) is 6.12. The maximum atomic E-state index is 13.2. The van der Waals surface area contributed by atoms with Crippen LogP contribution in [0.25, 0.3) is 0 Å². The highest BCUT2D eigenvalue weighted by Gasteiger charge is 2.28. The predicted molar refractivity (Wildman–Crippen MR) is 130 cm³/mol. The number of nitrogens with one attached hydrogen (secondary N) is 1. The average Bonchev–Trinajstić information content (AvgIpc) is 3.51. The number of amides is 3. The van der Waals surface area contributed by atoms with Crippen LogP contribution in [-0.2, 0) is 24.4 Å². The average molecular weight is 478 g/mol. The lowest BCUT2D eigenvalue weighted by molar-refractivity contribution is -0.121. The second-order valence-corrected chi connectivity index (χ2v) is 8.69. The fourth-order valence-electron chi connectivity index (χ4n) is 4.09. The number of hydrogen-bond acceptors (Lipinski definition) is 5. The molecule has 2 aromatic heterocycles. The van der Waals surface area contributed by atoms with E-state index in [-0.39, 0.29) is 36.4 Å². The maximum Gasteiger partial charge on any atom is 0.274 e. The van der Waals surface area contributed by atoms with E-state index in [2.05, 4.69) is 10.4 Å². The van der Waals surface area contributed by atoms with Crippen LogP contribution in [0.4, 0.5) is 0 Å². The lowest BCUT2D eigenvalue weighted by Gasteiger charge is -2.20. The van der Waals surface area contributed by atoms with Gasteiger partial charge in [-0.3, -0.25) is 19.1 Å². The topological polar surface area (TPSA) is 101 Å². The molecule has 1 aromatic carbocycles. The van der Waals surface area contributed by atoms with Crippen LogP contribution in [0.1, 0.15) is 57.6 Å². The van der Waals surface area contributed by atoms with Crippen molar-refractivity contribution in [3.05, 3.63) is 77.0 Å². The number of fused-ring (bicyclic) bond motifs is 1. The van der Waals surface area contributed by atoms with Gasteiger partial charge in [-0.15, -0.1) is 0 Å². The van der Waals surface area contributed by atoms with E-state index >= 15 is 0 Å². The first-order chi connectivity index (χ1) is 16.9. The van der Waals surface area contributed by atoms with Crippen LogP contribution >= 0.6 is 0 Å². The Balaban J connectivity index is 1.38. The van der Waals surface area contributed by atoms with Crippen molar-refractivity contribution in [2.24, 2.45) is 0 Å². The first kappa shape index (κ1) is 24.3. The summed E-state index contributed by atoms with van der Waals surface area (Å²) in [6.45, 7) is 6.60. The number of carbonyl (C=O) groups excluding carboxylic acids is 3. The molecule has 0 radical (unpaired) electrons. The number of aromatic nitrogens is 2. The van der Waals surface area contributed by atoms with Crippen molar-refractivity contribution in [3.63, 3.8) is 0 Å². The van der Waals surface area contributed by atoms with Gasteiger partial charge in [-0.1, -0.05) is 29.8 Å². The summed E-state index contributed by atoms with van der Waals surface area (Å²) in [6, 6.07) is 13.3. The molecule has 0 saturated heterocycles. The van der Waals surface area contributed by atoms with Crippen molar-refractivity contribution in [1.29, 1.82) is 0 Å². The fraction of sp³-hybridized carbons (Fsp3) is 0.385. The number of furan rings is 1. The first-order valence-electron chi connectivity index (χ1n) is 12.0. The van der Waals surface area contributed by atoms with Gasteiger partial charge in [-0.2, -0.15) is 5.10 Å². The fourth-order valence-corrected chi connectivity index (χ4v) is 4.09. The summed E-state index contributed by atoms with van der Waals surface area (Å²) in [4.78, 5) is 42.0. The molecule has 4 rings (SSSR count). The van der Waals surface area contributed by atoms with Gasteiger partial charge in [0, 0.05) is 45.2 Å². The second kappa shape index (κ2) is 11.0. The van der Waals surface area contributed by atoms with Crippen molar-refractivity contribution in [2.45, 2.75) is 46.3 Å². The van der Waals surface area contributed by atoms with Crippen LogP contribution in [0.15, 0.2) is 53.1 Å². The molecule has 9 nitrogen and oxygen atoms in total. The van der Waals surface area contributed by atoms with Gasteiger partial charge < -0.3 is 19.5 Å². The molecule has 0 fully saturated rings. The zero-order valence-electron chi connectivity index (χ0n) is 20.2. The van der Waals surface area contributed by atoms with Gasteiger partial charge in [0.1, 0.15) is 11.5 Å². The van der Waals surface area contributed by atoms with E-state index in [1.165, 1.54) is 5.56 Å². The van der Waals surface area contributed by atoms with Gasteiger partial charge in [-0.25, -0.2) is 0 Å². The van der Waals surface area contributed by atoms with E-state index < -0.39 is 0 Å². The zero-order valence-corrected chi connectivity index (χ0v) is 20.2. The Labute approximate surface area is 204 Å². The minimum Gasteiger partial charge on any atom is -0.467 e. The lowest BCUT2D eigenvalue weighted by Crippen LogP contribution is -2.35. The standard InChI is InChI=1S/C26H31N5O4/c1-3-29(14-11-24(32)27-17-21-6-4-15-35-21)25(33)22-16-23-26(34)30(12-5-13-31(23)28-22)18-20-9-7-19(2)8-10-20/h4,6-10,15-16H,3,5,11-14,17-18H2,1-2H3,(H,27,32). The van der Waals surface area contributed by atoms with Crippen LogP contribution in [0.5, 0.6) is 0 Å². The molecular weight excluding hydrogens is 446 g/mol. The largest absolute Gasteiger partial charge is 0.467 e. The van der Waals surface area contributed by atoms with Crippen molar-refractivity contribution in [3.8, 4) is 0 Å². The normalized spacial score (nSPS) is 13.3. The molecule has 3 aromatic rings. The minimum atomic E-state index is -0.287. The monoisotopic (exact) mass is 477 g/mol. The van der Waals surface area contributed by atoms with E-state index in [0.717, 1.165) is 12.0 Å². The van der Waals surface area contributed by atoms with Crippen LogP contribution in [0.2, 0.25) is 0 Å². The van der Waals surface area contributed by atoms with Crippen LogP contribution in [0.3, 0.4) is 0 Å². The number of carbonyl (C=O) groups is 3. The molecule has 0 aliphatic carbocycles. The first-order valence-corrected chi connectivity index (χ1v) is 12.0. The molecular formula is C26H31N5O4. The summed E-state index contributed by atoms with van der Waals surface area (Å²) in [5.74, 6) is 0.0809. The second-order valence-electron chi connectivity index (χ2n) is 8.69. The van der Waals surface area contributed by atoms with Gasteiger partial charge in [0.25, 0.3) is 11.8 Å². The molecule has 184 valence electrons. The molecule has 35 heavy (non-hydrogen) atoms. The Bertz CT molecular complexity index is 1170. The van der Waals surface area contributed by atoms with Crippen molar-refractivity contribution < 1.29 is 18.8 Å². The molecule has 3 amide bonds. The van der Waals surface area contributed by atoms with Crippen LogP contribution in [0, 0.1) is 6.92 Å². The van der Waals surface area contributed by atoms with Crippen molar-refractivity contribution in [1.82, 2.24) is 24.9 Å². The third-order valence-corrected chi connectivity index (χ3v) is 6.12. The Morgan fingerprint density at radius 1 is 1.17 bits per heavy atom. The van der Waals surface area contributed by atoms with E-state index in [9.17, 15) is 14.4 Å². The van der Waals surface area contributed by atoms with E-state index in [0.29, 0.717) is 44.2 Å². The third kappa shape index (κ3) is 5.98. The highest BCUT2D eigenvalue weighted by molar-refractivity contribution is 5.98. The van der Waals surface area contributed by atoms with Gasteiger partial charge in [0.15, 0.2) is 5.69 Å². The molecule has 3 heterocycles. The van der Waals surface area contributed by atoms with Gasteiger partial charge >= 0.3 is 0 Å². The Morgan fingerprint density at radius 2 is 1.97 bits per heavy atom. The molecule has 0 unspecified atom stereocenters. The summed E-state index contributed by atoms with van der Waals surface area (Å²) >= 11 is 0. The predicted octanol–water partition coefficient (Wildman–Crippen LogP) is 3.00. The van der Waals surface area contributed by atoms with Gasteiger partial charge in [0.05, 0.1) is 12.8 Å². The molecule has 9 heteroatoms. The molecule has 0 saturated carbocycles. The zero-order chi connectivity index (χ0) is 24.8. The quantitative estimate of drug-likeness (QED) is 0.511. The molecule has 0 bridgehead atoms. The molecule has 1 N–H and O–H groups in total. The van der Waals surface area contributed by atoms with Gasteiger partial charge in [0.2, 0.25) is 5.91 Å². The SMILES string of the molecule is CCN(CCC(=O)NCc1ccco1)C(=O)c1cc2n(n1)CCCN(Cc1ccc(C)cc1)C2=O. The van der Waals surface area contributed by atoms with Gasteiger partial charge in [-0.05, 0) is 38.0 Å². The van der Waals surface area contributed by atoms with Crippen LogP contribution < -0.4 is 5.32 Å². The van der Waals surface area contributed by atoms with E-state index in [1.807, 2.05) is 38.1 Å². The summed E-state index contributed by atoms with van der Waals surface area (Å²) < 4.78 is 6.84. The summed E-state index contributed by atoms with van der Waals surface area (Å²) in [7, 11) is 0. The number of aryl methyl sites for hydroxylation is 2. The Kier molecular flexibility index (Phi) is 7.64.